The summed E-state index contributed by atoms with van der Waals surface area (Å²) in [5, 5.41) is 11.7. The molecule has 2 aromatic carbocycles. The predicted octanol–water partition coefficient (Wildman–Crippen LogP) is 5.25. The SMILES string of the molecule is CCN=C1S/C(=C\c2cc(Br)ccc2OCc2cccc([N+](=O)[O-])c2)C(=O)N1CC. The monoisotopic (exact) mass is 489 g/mol. The Morgan fingerprint density at radius 2 is 2.07 bits per heavy atom. The van der Waals surface area contributed by atoms with Gasteiger partial charge in [-0.2, -0.15) is 0 Å². The summed E-state index contributed by atoms with van der Waals surface area (Å²) in [4.78, 5) is 29.9. The van der Waals surface area contributed by atoms with Gasteiger partial charge in [0.15, 0.2) is 5.17 Å². The molecule has 1 aliphatic rings. The maximum Gasteiger partial charge on any atom is 0.269 e. The zero-order valence-electron chi connectivity index (χ0n) is 16.5. The van der Waals surface area contributed by atoms with Crippen LogP contribution in [0.1, 0.15) is 25.0 Å². The topological polar surface area (TPSA) is 85.0 Å². The quantitative estimate of drug-likeness (QED) is 0.301. The number of thioether (sulfide) groups is 1. The number of carbonyl (C=O) groups is 1. The van der Waals surface area contributed by atoms with Gasteiger partial charge in [-0.05, 0) is 55.4 Å². The Kier molecular flexibility index (Phi) is 7.28. The van der Waals surface area contributed by atoms with Gasteiger partial charge in [0.05, 0.1) is 9.83 Å². The molecule has 0 saturated carbocycles. The van der Waals surface area contributed by atoms with Gasteiger partial charge in [-0.15, -0.1) is 0 Å². The minimum Gasteiger partial charge on any atom is -0.488 e. The van der Waals surface area contributed by atoms with E-state index in [4.69, 9.17) is 4.74 Å². The lowest BCUT2D eigenvalue weighted by atomic mass is 10.1. The summed E-state index contributed by atoms with van der Waals surface area (Å²) in [6, 6.07) is 11.8. The van der Waals surface area contributed by atoms with E-state index >= 15 is 0 Å². The highest BCUT2D eigenvalue weighted by Gasteiger charge is 2.32. The van der Waals surface area contributed by atoms with Gasteiger partial charge in [0.25, 0.3) is 11.6 Å². The molecule has 9 heteroatoms. The Balaban J connectivity index is 1.86. The molecule has 0 aromatic heterocycles. The predicted molar refractivity (Wildman–Crippen MR) is 123 cm³/mol. The van der Waals surface area contributed by atoms with Crippen LogP contribution in [-0.4, -0.2) is 34.0 Å². The second-order valence-corrected chi connectivity index (χ2v) is 8.24. The summed E-state index contributed by atoms with van der Waals surface area (Å²) in [6.45, 7) is 5.18. The zero-order valence-corrected chi connectivity index (χ0v) is 18.9. The molecule has 0 radical (unpaired) electrons. The van der Waals surface area contributed by atoms with Crippen molar-refractivity contribution in [2.24, 2.45) is 4.99 Å². The molecule has 1 fully saturated rings. The van der Waals surface area contributed by atoms with Crippen LogP contribution in [0.4, 0.5) is 5.69 Å². The lowest BCUT2D eigenvalue weighted by molar-refractivity contribution is -0.384. The van der Waals surface area contributed by atoms with Gasteiger partial charge >= 0.3 is 0 Å². The number of amides is 1. The van der Waals surface area contributed by atoms with Gasteiger partial charge in [-0.3, -0.25) is 24.8 Å². The largest absolute Gasteiger partial charge is 0.488 e. The molecule has 30 heavy (non-hydrogen) atoms. The fourth-order valence-corrected chi connectivity index (χ4v) is 4.34. The number of likely N-dealkylation sites (N-methyl/N-ethyl adjacent to an activating group) is 1. The maximum atomic E-state index is 12.7. The summed E-state index contributed by atoms with van der Waals surface area (Å²) in [5.41, 5.74) is 1.44. The molecule has 2 aromatic rings. The van der Waals surface area contributed by atoms with Gasteiger partial charge in [0.1, 0.15) is 12.4 Å². The molecule has 0 N–H and O–H groups in total. The second-order valence-electron chi connectivity index (χ2n) is 6.31. The van der Waals surface area contributed by atoms with E-state index in [1.54, 1.807) is 29.2 Å². The minimum atomic E-state index is -0.434. The van der Waals surface area contributed by atoms with Crippen molar-refractivity contribution in [2.75, 3.05) is 13.1 Å². The van der Waals surface area contributed by atoms with Crippen molar-refractivity contribution in [3.63, 3.8) is 0 Å². The highest BCUT2D eigenvalue weighted by molar-refractivity contribution is 9.10. The maximum absolute atomic E-state index is 12.7. The molecule has 1 amide bonds. The smallest absolute Gasteiger partial charge is 0.269 e. The van der Waals surface area contributed by atoms with Crippen LogP contribution in [0.15, 0.2) is 56.8 Å². The van der Waals surface area contributed by atoms with Gasteiger partial charge in [0.2, 0.25) is 0 Å². The zero-order chi connectivity index (χ0) is 21.7. The number of aliphatic imine (C=N–C) groups is 1. The first-order chi connectivity index (χ1) is 14.4. The molecular formula is C21H20BrN3O4S. The van der Waals surface area contributed by atoms with Crippen molar-refractivity contribution in [1.82, 2.24) is 4.90 Å². The van der Waals surface area contributed by atoms with Crippen LogP contribution in [-0.2, 0) is 11.4 Å². The van der Waals surface area contributed by atoms with Crippen molar-refractivity contribution in [3.05, 3.63) is 73.1 Å². The molecular weight excluding hydrogens is 470 g/mol. The van der Waals surface area contributed by atoms with Crippen LogP contribution >= 0.6 is 27.7 Å². The number of nitro groups is 1. The normalized spacial score (nSPS) is 16.5. The van der Waals surface area contributed by atoms with E-state index in [2.05, 4.69) is 20.9 Å². The number of amidine groups is 1. The standard InChI is InChI=1S/C21H20BrN3O4S/c1-3-23-21-24(4-2)20(26)19(30-21)12-15-11-16(22)8-9-18(15)29-13-14-6-5-7-17(10-14)25(27)28/h5-12H,3-4,13H2,1-2H3/b19-12-,23-21?. The van der Waals surface area contributed by atoms with Gasteiger partial charge < -0.3 is 4.74 Å². The Labute approximate surface area is 187 Å². The number of benzene rings is 2. The van der Waals surface area contributed by atoms with E-state index in [1.807, 2.05) is 26.0 Å². The summed E-state index contributed by atoms with van der Waals surface area (Å²) >= 11 is 4.81. The average Bonchev–Trinajstić information content (AvgIpc) is 3.02. The fraction of sp³-hybridized carbons (Fsp3) is 0.238. The Morgan fingerprint density at radius 1 is 1.27 bits per heavy atom. The Bertz CT molecular complexity index is 1040. The Hall–Kier alpha value is -2.65. The van der Waals surface area contributed by atoms with Crippen molar-refractivity contribution < 1.29 is 14.5 Å². The summed E-state index contributed by atoms with van der Waals surface area (Å²) in [7, 11) is 0. The highest BCUT2D eigenvalue weighted by atomic mass is 79.9. The first-order valence-corrected chi connectivity index (χ1v) is 11.0. The minimum absolute atomic E-state index is 0.0181. The lowest BCUT2D eigenvalue weighted by Crippen LogP contribution is -2.28. The molecule has 0 unspecified atom stereocenters. The first kappa shape index (κ1) is 22.0. The molecule has 1 aliphatic heterocycles. The third-order valence-electron chi connectivity index (χ3n) is 4.27. The summed E-state index contributed by atoms with van der Waals surface area (Å²) in [6.07, 6.45) is 1.79. The van der Waals surface area contributed by atoms with Gasteiger partial charge in [0, 0.05) is 35.3 Å². The molecule has 156 valence electrons. The number of rotatable bonds is 7. The van der Waals surface area contributed by atoms with E-state index in [-0.39, 0.29) is 18.2 Å². The van der Waals surface area contributed by atoms with Crippen LogP contribution in [0.25, 0.3) is 6.08 Å². The van der Waals surface area contributed by atoms with Crippen LogP contribution < -0.4 is 4.74 Å². The number of hydrogen-bond acceptors (Lipinski definition) is 6. The second kappa shape index (κ2) is 9.90. The van der Waals surface area contributed by atoms with Crippen molar-refractivity contribution in [2.45, 2.75) is 20.5 Å². The number of carbonyl (C=O) groups excluding carboxylic acids is 1. The van der Waals surface area contributed by atoms with Crippen molar-refractivity contribution >= 4 is 50.5 Å². The lowest BCUT2D eigenvalue weighted by Gasteiger charge is -2.12. The summed E-state index contributed by atoms with van der Waals surface area (Å²) in [5.74, 6) is 0.494. The third kappa shape index (κ3) is 5.09. The van der Waals surface area contributed by atoms with Crippen LogP contribution in [0.3, 0.4) is 0 Å². The number of nitro benzene ring substituents is 1. The van der Waals surface area contributed by atoms with Crippen LogP contribution in [0.5, 0.6) is 5.75 Å². The number of ether oxygens (including phenoxy) is 1. The molecule has 0 bridgehead atoms. The number of non-ortho nitro benzene ring substituents is 1. The highest BCUT2D eigenvalue weighted by Crippen LogP contribution is 2.35. The van der Waals surface area contributed by atoms with E-state index in [0.717, 1.165) is 10.0 Å². The van der Waals surface area contributed by atoms with Crippen molar-refractivity contribution in [1.29, 1.82) is 0 Å². The molecule has 0 atom stereocenters. The van der Waals surface area contributed by atoms with Gasteiger partial charge in [-0.1, -0.05) is 28.1 Å². The first-order valence-electron chi connectivity index (χ1n) is 9.34. The van der Waals surface area contributed by atoms with E-state index < -0.39 is 4.92 Å². The van der Waals surface area contributed by atoms with Crippen molar-refractivity contribution in [3.8, 4) is 5.75 Å². The van der Waals surface area contributed by atoms with E-state index in [0.29, 0.717) is 34.5 Å². The number of nitrogens with zero attached hydrogens (tertiary/aromatic N) is 3. The number of hydrogen-bond donors (Lipinski definition) is 0. The third-order valence-corrected chi connectivity index (χ3v) is 5.81. The molecule has 0 spiro atoms. The Morgan fingerprint density at radius 3 is 2.77 bits per heavy atom. The van der Waals surface area contributed by atoms with Gasteiger partial charge in [-0.25, -0.2) is 0 Å². The van der Waals surface area contributed by atoms with Crippen LogP contribution in [0, 0.1) is 10.1 Å². The molecule has 0 aliphatic carbocycles. The average molecular weight is 490 g/mol. The molecule has 1 heterocycles. The van der Waals surface area contributed by atoms with Crippen LogP contribution in [0.2, 0.25) is 0 Å². The summed E-state index contributed by atoms with van der Waals surface area (Å²) < 4.78 is 6.78. The number of halogens is 1. The molecule has 1 saturated heterocycles. The van der Waals surface area contributed by atoms with E-state index in [9.17, 15) is 14.9 Å². The molecule has 7 nitrogen and oxygen atoms in total. The fourth-order valence-electron chi connectivity index (χ4n) is 2.87. The van der Waals surface area contributed by atoms with E-state index in [1.165, 1.54) is 23.9 Å². The molecule has 3 rings (SSSR count).